The smallest absolute Gasteiger partial charge is 0.296 e. The van der Waals surface area contributed by atoms with Gasteiger partial charge in [-0.05, 0) is 6.42 Å². The van der Waals surface area contributed by atoms with Crippen molar-refractivity contribution in [2.24, 2.45) is 0 Å². The van der Waals surface area contributed by atoms with Crippen LogP contribution in [0.1, 0.15) is 27.2 Å². The fraction of sp³-hybridized carbons (Fsp3) is 0.571. The van der Waals surface area contributed by atoms with Crippen molar-refractivity contribution in [3.63, 3.8) is 0 Å². The zero-order chi connectivity index (χ0) is 8.57. The molecule has 0 fully saturated rings. The van der Waals surface area contributed by atoms with E-state index in [1.807, 2.05) is 13.8 Å². The second kappa shape index (κ2) is 8.17. The molecule has 0 unspecified atom stereocenters. The summed E-state index contributed by atoms with van der Waals surface area (Å²) in [7, 11) is 0. The van der Waals surface area contributed by atoms with Crippen LogP contribution in [0.4, 0.5) is 0 Å². The van der Waals surface area contributed by atoms with Crippen molar-refractivity contribution in [3.8, 4) is 0 Å². The molecule has 0 saturated heterocycles. The van der Waals surface area contributed by atoms with E-state index >= 15 is 0 Å². The summed E-state index contributed by atoms with van der Waals surface area (Å²) >= 11 is 0. The van der Waals surface area contributed by atoms with Crippen molar-refractivity contribution in [2.45, 2.75) is 27.2 Å². The van der Waals surface area contributed by atoms with Crippen molar-refractivity contribution >= 4 is 5.97 Å². The molecule has 0 spiro atoms. The summed E-state index contributed by atoms with van der Waals surface area (Å²) in [6.45, 7) is 9.06. The Morgan fingerprint density at radius 3 is 2.10 bits per heavy atom. The maximum Gasteiger partial charge on any atom is 0.368 e. The molecule has 0 aromatic rings. The second-order valence-corrected chi connectivity index (χ2v) is 1.34. The molecule has 3 heteroatoms. The van der Waals surface area contributed by atoms with Gasteiger partial charge in [0.25, 0.3) is 0 Å². The highest BCUT2D eigenvalue weighted by atomic mass is 17.1. The van der Waals surface area contributed by atoms with Gasteiger partial charge in [0.2, 0.25) is 0 Å². The predicted molar refractivity (Wildman–Crippen MR) is 39.5 cm³/mol. The molecule has 0 aromatic heterocycles. The second-order valence-electron chi connectivity index (χ2n) is 1.34. The summed E-state index contributed by atoms with van der Waals surface area (Å²) in [5.41, 5.74) is 0.271. The van der Waals surface area contributed by atoms with Crippen molar-refractivity contribution in [2.75, 3.05) is 0 Å². The van der Waals surface area contributed by atoms with Crippen LogP contribution >= 0.6 is 0 Å². The zero-order valence-electron chi connectivity index (χ0n) is 6.68. The molecular weight excluding hydrogens is 132 g/mol. The Morgan fingerprint density at radius 1 is 1.60 bits per heavy atom. The third-order valence-corrected chi connectivity index (χ3v) is 0.798. The summed E-state index contributed by atoms with van der Waals surface area (Å²) in [6, 6.07) is 0. The summed E-state index contributed by atoms with van der Waals surface area (Å²) in [5.74, 6) is -0.757. The Balaban J connectivity index is 0. The standard InChI is InChI=1S/C5H8O3.C2H6/c1-3-4(2)5(6)8-7;1-2/h7H,2-3H2,1H3;1-2H3. The molecule has 3 nitrogen and oxygen atoms in total. The Hall–Kier alpha value is -0.830. The van der Waals surface area contributed by atoms with Gasteiger partial charge in [0.05, 0.1) is 0 Å². The minimum atomic E-state index is -0.757. The average molecular weight is 146 g/mol. The Bertz CT molecular complexity index is 93.4. The maximum absolute atomic E-state index is 10.2. The Labute approximate surface area is 61.2 Å². The molecule has 0 aromatic carbocycles. The summed E-state index contributed by atoms with van der Waals surface area (Å²) in [5, 5.41) is 7.73. The van der Waals surface area contributed by atoms with E-state index in [1.54, 1.807) is 6.92 Å². The normalized spacial score (nSPS) is 7.20. The average Bonchev–Trinajstić information content (AvgIpc) is 2.05. The molecule has 10 heavy (non-hydrogen) atoms. The number of carbonyl (C=O) groups excluding carboxylic acids is 1. The lowest BCUT2D eigenvalue weighted by atomic mass is 10.2. The predicted octanol–water partition coefficient (Wildman–Crippen LogP) is 2.00. The van der Waals surface area contributed by atoms with Crippen LogP contribution < -0.4 is 0 Å². The molecule has 0 rings (SSSR count). The van der Waals surface area contributed by atoms with E-state index < -0.39 is 5.97 Å². The van der Waals surface area contributed by atoms with Crippen molar-refractivity contribution in [1.82, 2.24) is 0 Å². The maximum atomic E-state index is 10.2. The van der Waals surface area contributed by atoms with Crippen LogP contribution in [0.5, 0.6) is 0 Å². The SMILES string of the molecule is C=C(CC)C(=O)OO.CC. The number of hydrogen-bond acceptors (Lipinski definition) is 3. The minimum absolute atomic E-state index is 0.271. The molecule has 0 aliphatic carbocycles. The van der Waals surface area contributed by atoms with Crippen molar-refractivity contribution in [1.29, 1.82) is 0 Å². The highest BCUT2D eigenvalue weighted by Crippen LogP contribution is 1.96. The van der Waals surface area contributed by atoms with Gasteiger partial charge in [0.15, 0.2) is 0 Å². The van der Waals surface area contributed by atoms with Gasteiger partial charge >= 0.3 is 5.97 Å². The fourth-order valence-corrected chi connectivity index (χ4v) is 0.209. The first kappa shape index (κ1) is 11.9. The van der Waals surface area contributed by atoms with Gasteiger partial charge in [-0.3, -0.25) is 4.89 Å². The highest BCUT2D eigenvalue weighted by Gasteiger charge is 2.03. The monoisotopic (exact) mass is 146 g/mol. The molecule has 0 atom stereocenters. The van der Waals surface area contributed by atoms with Crippen molar-refractivity contribution < 1.29 is 14.9 Å². The van der Waals surface area contributed by atoms with Gasteiger partial charge in [-0.25, -0.2) is 4.79 Å². The third kappa shape index (κ3) is 5.31. The molecular formula is C7H14O3. The summed E-state index contributed by atoms with van der Waals surface area (Å²) < 4.78 is 0. The third-order valence-electron chi connectivity index (χ3n) is 0.798. The fourth-order valence-electron chi connectivity index (χ4n) is 0.209. The molecule has 0 heterocycles. The zero-order valence-corrected chi connectivity index (χ0v) is 6.68. The van der Waals surface area contributed by atoms with Crippen LogP contribution in [-0.2, 0) is 9.68 Å². The van der Waals surface area contributed by atoms with E-state index in [0.717, 1.165) is 0 Å². The molecule has 60 valence electrons. The van der Waals surface area contributed by atoms with E-state index in [1.165, 1.54) is 0 Å². The molecule has 0 amide bonds. The molecule has 0 saturated carbocycles. The van der Waals surface area contributed by atoms with Crippen LogP contribution in [-0.4, -0.2) is 11.2 Å². The largest absolute Gasteiger partial charge is 0.368 e. The Kier molecular flexibility index (Phi) is 9.73. The van der Waals surface area contributed by atoms with Gasteiger partial charge in [-0.15, -0.1) is 0 Å². The van der Waals surface area contributed by atoms with Gasteiger partial charge < -0.3 is 0 Å². The van der Waals surface area contributed by atoms with E-state index in [-0.39, 0.29) is 5.57 Å². The van der Waals surface area contributed by atoms with Gasteiger partial charge in [0, 0.05) is 5.57 Å². The molecule has 0 radical (unpaired) electrons. The molecule has 0 aliphatic heterocycles. The topological polar surface area (TPSA) is 46.5 Å². The van der Waals surface area contributed by atoms with Crippen molar-refractivity contribution in [3.05, 3.63) is 12.2 Å². The number of rotatable bonds is 2. The van der Waals surface area contributed by atoms with E-state index in [2.05, 4.69) is 11.5 Å². The van der Waals surface area contributed by atoms with Crippen LogP contribution in [0.2, 0.25) is 0 Å². The van der Waals surface area contributed by atoms with E-state index in [0.29, 0.717) is 6.42 Å². The molecule has 1 N–H and O–H groups in total. The molecule has 0 aliphatic rings. The lowest BCUT2D eigenvalue weighted by Crippen LogP contribution is -2.02. The van der Waals surface area contributed by atoms with Crippen LogP contribution in [0, 0.1) is 0 Å². The summed E-state index contributed by atoms with van der Waals surface area (Å²) in [4.78, 5) is 13.5. The van der Waals surface area contributed by atoms with Gasteiger partial charge in [-0.1, -0.05) is 27.4 Å². The number of hydrogen-bond donors (Lipinski definition) is 1. The quantitative estimate of drug-likeness (QED) is 0.368. The van der Waals surface area contributed by atoms with E-state index in [9.17, 15) is 4.79 Å². The van der Waals surface area contributed by atoms with Gasteiger partial charge in [-0.2, -0.15) is 5.26 Å². The summed E-state index contributed by atoms with van der Waals surface area (Å²) in [6.07, 6.45) is 0.499. The Morgan fingerprint density at radius 2 is 2.00 bits per heavy atom. The van der Waals surface area contributed by atoms with E-state index in [4.69, 9.17) is 5.26 Å². The van der Waals surface area contributed by atoms with Gasteiger partial charge in [0.1, 0.15) is 0 Å². The first-order chi connectivity index (χ1) is 4.72. The first-order valence-corrected chi connectivity index (χ1v) is 3.26. The lowest BCUT2D eigenvalue weighted by molar-refractivity contribution is -0.229. The van der Waals surface area contributed by atoms with Crippen LogP contribution in [0.15, 0.2) is 12.2 Å². The minimum Gasteiger partial charge on any atom is -0.296 e. The van der Waals surface area contributed by atoms with Crippen LogP contribution in [0.3, 0.4) is 0 Å². The first-order valence-electron chi connectivity index (χ1n) is 3.26. The lowest BCUT2D eigenvalue weighted by Gasteiger charge is -1.93. The molecule has 0 bridgehead atoms. The number of carbonyl (C=O) groups is 1. The van der Waals surface area contributed by atoms with Crippen LogP contribution in [0.25, 0.3) is 0 Å². The highest BCUT2D eigenvalue weighted by molar-refractivity contribution is 5.86.